The number of nitrogens with two attached hydrogens (primary N) is 1. The van der Waals surface area contributed by atoms with E-state index in [4.69, 9.17) is 17.3 Å². The highest BCUT2D eigenvalue weighted by Crippen LogP contribution is 2.52. The van der Waals surface area contributed by atoms with Gasteiger partial charge in [0.15, 0.2) is 5.82 Å². The molecular weight excluding hydrogens is 615 g/mol. The molecule has 0 fully saturated rings. The number of carbonyl (C=O) groups is 2. The standard InChI is InChI=1S/C24H15ClF7N9O2/c1-11-5-12(8-33)6-14(19(34)42)18(11)37-21(43)16-7-13(38-41(16)20-15(25)3-2-4-35-20)10-40-36-9-17(39-40)22(26,23(27,28)29)24(30,31)32/h2-7,9H,10H2,1H3,(H2,34,42)(H,37,43). The number of amides is 2. The number of nitrogens with zero attached hydrogens (tertiary/aromatic N) is 7. The summed E-state index contributed by atoms with van der Waals surface area (Å²) in [5.74, 6) is -2.03. The molecule has 3 heterocycles. The lowest BCUT2D eigenvalue weighted by Gasteiger charge is -2.27. The minimum atomic E-state index is -6.40. The summed E-state index contributed by atoms with van der Waals surface area (Å²) in [5, 5.41) is 22.1. The number of halogens is 8. The fourth-order valence-electron chi connectivity index (χ4n) is 3.88. The number of benzene rings is 1. The molecule has 0 saturated carbocycles. The third-order valence-electron chi connectivity index (χ3n) is 5.87. The Kier molecular flexibility index (Phi) is 7.89. The van der Waals surface area contributed by atoms with Gasteiger partial charge in [0.05, 0.1) is 39.8 Å². The predicted molar refractivity (Wildman–Crippen MR) is 133 cm³/mol. The first-order valence-corrected chi connectivity index (χ1v) is 11.9. The van der Waals surface area contributed by atoms with Gasteiger partial charge in [0.1, 0.15) is 17.9 Å². The van der Waals surface area contributed by atoms with E-state index in [1.807, 2.05) is 6.07 Å². The van der Waals surface area contributed by atoms with Gasteiger partial charge in [0, 0.05) is 6.20 Å². The molecule has 0 radical (unpaired) electrons. The molecule has 0 saturated heterocycles. The highest BCUT2D eigenvalue weighted by Gasteiger charge is 2.75. The number of hydrogen-bond acceptors (Lipinski definition) is 7. The van der Waals surface area contributed by atoms with Crippen molar-refractivity contribution in [3.8, 4) is 11.9 Å². The van der Waals surface area contributed by atoms with E-state index in [0.717, 1.165) is 16.8 Å². The van der Waals surface area contributed by atoms with E-state index in [1.165, 1.54) is 31.3 Å². The first kappa shape index (κ1) is 30.9. The number of aromatic nitrogens is 6. The molecule has 19 heteroatoms. The molecule has 3 N–H and O–H groups in total. The van der Waals surface area contributed by atoms with Crippen molar-refractivity contribution in [2.45, 2.75) is 31.5 Å². The highest BCUT2D eigenvalue weighted by molar-refractivity contribution is 6.32. The van der Waals surface area contributed by atoms with Crippen LogP contribution in [0.2, 0.25) is 5.02 Å². The zero-order chi connectivity index (χ0) is 31.9. The second kappa shape index (κ2) is 11.0. The molecule has 4 aromatic rings. The van der Waals surface area contributed by atoms with Gasteiger partial charge in [-0.3, -0.25) is 9.59 Å². The fourth-order valence-corrected chi connectivity index (χ4v) is 4.08. The molecule has 43 heavy (non-hydrogen) atoms. The van der Waals surface area contributed by atoms with Crippen molar-refractivity contribution in [3.05, 3.63) is 81.5 Å². The van der Waals surface area contributed by atoms with Gasteiger partial charge >= 0.3 is 18.0 Å². The number of rotatable bonds is 7. The highest BCUT2D eigenvalue weighted by atomic mass is 35.5. The lowest BCUT2D eigenvalue weighted by molar-refractivity contribution is -0.350. The van der Waals surface area contributed by atoms with Crippen LogP contribution in [-0.4, -0.2) is 53.9 Å². The minimum absolute atomic E-state index is 0.0179. The first-order valence-electron chi connectivity index (χ1n) is 11.6. The average Bonchev–Trinajstić information content (AvgIpc) is 3.55. The second-order valence-corrected chi connectivity index (χ2v) is 9.21. The maximum atomic E-state index is 14.4. The summed E-state index contributed by atoms with van der Waals surface area (Å²) in [7, 11) is 0. The second-order valence-electron chi connectivity index (χ2n) is 8.80. The van der Waals surface area contributed by atoms with Crippen LogP contribution in [0.25, 0.3) is 5.82 Å². The largest absolute Gasteiger partial charge is 0.437 e. The lowest BCUT2D eigenvalue weighted by atomic mass is 10.0. The van der Waals surface area contributed by atoms with Crippen LogP contribution in [0, 0.1) is 18.3 Å². The lowest BCUT2D eigenvalue weighted by Crippen LogP contribution is -2.50. The zero-order valence-electron chi connectivity index (χ0n) is 21.3. The van der Waals surface area contributed by atoms with Crippen LogP contribution in [0.1, 0.15) is 43.4 Å². The number of pyridine rings is 1. The molecule has 0 bridgehead atoms. The van der Waals surface area contributed by atoms with Crippen molar-refractivity contribution in [1.82, 2.24) is 29.8 Å². The van der Waals surface area contributed by atoms with E-state index < -0.39 is 42.1 Å². The fraction of sp³-hybridized carbons (Fsp3) is 0.208. The minimum Gasteiger partial charge on any atom is -0.366 e. The third-order valence-corrected chi connectivity index (χ3v) is 6.17. The molecule has 0 spiro atoms. The Bertz CT molecular complexity index is 1760. The van der Waals surface area contributed by atoms with E-state index >= 15 is 0 Å². The molecule has 11 nitrogen and oxygen atoms in total. The predicted octanol–water partition coefficient (Wildman–Crippen LogP) is 4.38. The van der Waals surface area contributed by atoms with Crippen LogP contribution in [-0.2, 0) is 12.2 Å². The summed E-state index contributed by atoms with van der Waals surface area (Å²) >= 11 is 6.20. The summed E-state index contributed by atoms with van der Waals surface area (Å²) in [6.07, 6.45) is -11.5. The first-order chi connectivity index (χ1) is 20.0. The number of hydrogen-bond donors (Lipinski definition) is 2. The summed E-state index contributed by atoms with van der Waals surface area (Å²) in [4.78, 5) is 29.8. The van der Waals surface area contributed by atoms with Crippen molar-refractivity contribution >= 4 is 29.1 Å². The Labute approximate surface area is 240 Å². The zero-order valence-corrected chi connectivity index (χ0v) is 22.1. The Balaban J connectivity index is 1.76. The average molecular weight is 630 g/mol. The van der Waals surface area contributed by atoms with Gasteiger partial charge in [-0.05, 0) is 42.8 Å². The quantitative estimate of drug-likeness (QED) is 0.287. The summed E-state index contributed by atoms with van der Waals surface area (Å²) in [6, 6.07) is 8.26. The Morgan fingerprint density at radius 3 is 2.35 bits per heavy atom. The number of nitrogens with one attached hydrogen (secondary N) is 1. The molecule has 2 amide bonds. The smallest absolute Gasteiger partial charge is 0.366 e. The van der Waals surface area contributed by atoms with Crippen molar-refractivity contribution in [2.24, 2.45) is 5.73 Å². The number of aryl methyl sites for hydroxylation is 1. The van der Waals surface area contributed by atoms with Crippen LogP contribution in [0.4, 0.5) is 36.4 Å². The molecule has 224 valence electrons. The monoisotopic (exact) mass is 629 g/mol. The summed E-state index contributed by atoms with van der Waals surface area (Å²) in [5.41, 5.74) is -2.89. The van der Waals surface area contributed by atoms with Crippen LogP contribution in [0.5, 0.6) is 0 Å². The number of carbonyl (C=O) groups excluding carboxylic acids is 2. The molecule has 0 aliphatic heterocycles. The van der Waals surface area contributed by atoms with Gasteiger partial charge in [-0.2, -0.15) is 51.7 Å². The number of nitriles is 1. The Morgan fingerprint density at radius 2 is 1.77 bits per heavy atom. The number of primary amides is 1. The maximum absolute atomic E-state index is 14.4. The molecule has 0 aliphatic rings. The molecule has 1 aromatic carbocycles. The Hall–Kier alpha value is -5.05. The molecular formula is C24H15ClF7N9O2. The topological polar surface area (TPSA) is 157 Å². The number of alkyl halides is 7. The van der Waals surface area contributed by atoms with Gasteiger partial charge in [-0.15, -0.1) is 0 Å². The van der Waals surface area contributed by atoms with Gasteiger partial charge in [0.2, 0.25) is 0 Å². The number of anilines is 1. The van der Waals surface area contributed by atoms with Crippen LogP contribution < -0.4 is 11.1 Å². The van der Waals surface area contributed by atoms with E-state index in [0.29, 0.717) is 4.80 Å². The van der Waals surface area contributed by atoms with E-state index in [-0.39, 0.29) is 50.8 Å². The molecule has 0 aliphatic carbocycles. The third kappa shape index (κ3) is 5.70. The van der Waals surface area contributed by atoms with Crippen molar-refractivity contribution in [2.75, 3.05) is 5.32 Å². The van der Waals surface area contributed by atoms with Crippen molar-refractivity contribution in [1.29, 1.82) is 5.26 Å². The summed E-state index contributed by atoms with van der Waals surface area (Å²) in [6.45, 7) is 0.751. The van der Waals surface area contributed by atoms with Gasteiger partial charge in [-0.1, -0.05) is 11.6 Å². The molecule has 4 rings (SSSR count). The van der Waals surface area contributed by atoms with Gasteiger partial charge in [0.25, 0.3) is 11.8 Å². The van der Waals surface area contributed by atoms with Gasteiger partial charge < -0.3 is 11.1 Å². The van der Waals surface area contributed by atoms with Crippen LogP contribution >= 0.6 is 11.6 Å². The van der Waals surface area contributed by atoms with E-state index in [2.05, 4.69) is 25.6 Å². The SMILES string of the molecule is Cc1cc(C#N)cc(C(N)=O)c1NC(=O)c1cc(Cn2ncc(C(F)(C(F)(F)F)C(F)(F)F)n2)nn1-c1ncccc1Cl. The van der Waals surface area contributed by atoms with Gasteiger partial charge in [-0.25, -0.2) is 14.1 Å². The Morgan fingerprint density at radius 1 is 1.09 bits per heavy atom. The van der Waals surface area contributed by atoms with E-state index in [1.54, 1.807) is 0 Å². The van der Waals surface area contributed by atoms with Crippen LogP contribution in [0.3, 0.4) is 0 Å². The van der Waals surface area contributed by atoms with Crippen molar-refractivity contribution < 1.29 is 40.3 Å². The summed E-state index contributed by atoms with van der Waals surface area (Å²) < 4.78 is 94.0. The maximum Gasteiger partial charge on any atom is 0.437 e. The van der Waals surface area contributed by atoms with E-state index in [9.17, 15) is 45.6 Å². The molecule has 0 atom stereocenters. The molecule has 0 unspecified atom stereocenters. The normalized spacial score (nSPS) is 12.2. The van der Waals surface area contributed by atoms with Crippen LogP contribution in [0.15, 0.2) is 42.7 Å². The molecule has 3 aromatic heterocycles. The van der Waals surface area contributed by atoms with Crippen molar-refractivity contribution in [3.63, 3.8) is 0 Å².